The maximum atomic E-state index is 4.27. The van der Waals surface area contributed by atoms with Gasteiger partial charge in [-0.15, -0.1) is 0 Å². The molecule has 0 amide bonds. The Hall–Kier alpha value is -2.42. The molecule has 0 fully saturated rings. The van der Waals surface area contributed by atoms with Crippen molar-refractivity contribution in [3.63, 3.8) is 0 Å². The molecule has 0 unspecified atom stereocenters. The predicted molar refractivity (Wildman–Crippen MR) is 88.6 cm³/mol. The molecule has 3 nitrogen and oxygen atoms in total. The van der Waals surface area contributed by atoms with E-state index in [2.05, 4.69) is 52.7 Å². The SMILES string of the molecule is C=C(C)N=C/C(C=NC)=C(\C)c1ccc2cc[nH]c2c1. The molecule has 1 N–H and O–H groups in total. The molecule has 2 aromatic rings. The molecule has 1 aromatic heterocycles. The quantitative estimate of drug-likeness (QED) is 0.803. The Morgan fingerprint density at radius 2 is 2.00 bits per heavy atom. The first-order valence-electron chi connectivity index (χ1n) is 6.52. The number of nitrogens with zero attached hydrogens (tertiary/aromatic N) is 2. The number of hydrogen-bond donors (Lipinski definition) is 1. The minimum Gasteiger partial charge on any atom is -0.361 e. The van der Waals surface area contributed by atoms with Crippen LogP contribution in [0.1, 0.15) is 19.4 Å². The van der Waals surface area contributed by atoms with E-state index < -0.39 is 0 Å². The van der Waals surface area contributed by atoms with Gasteiger partial charge >= 0.3 is 0 Å². The number of fused-ring (bicyclic) bond motifs is 1. The molecular formula is C17H19N3. The standard InChI is InChI=1S/C17H19N3/c1-12(2)20-11-16(10-18-4)13(3)15-6-5-14-7-8-19-17(14)9-15/h5-11,19H,1H2,2-4H3/b16-13+,18-10?,20-11?. The molecule has 0 aliphatic carbocycles. The number of allylic oxidation sites excluding steroid dienone is 3. The summed E-state index contributed by atoms with van der Waals surface area (Å²) in [5.41, 5.74) is 5.19. The van der Waals surface area contributed by atoms with E-state index in [0.717, 1.165) is 27.9 Å². The molecule has 0 aliphatic heterocycles. The highest BCUT2D eigenvalue weighted by molar-refractivity contribution is 6.11. The van der Waals surface area contributed by atoms with Gasteiger partial charge in [0.25, 0.3) is 0 Å². The number of H-pyrrole nitrogens is 1. The summed E-state index contributed by atoms with van der Waals surface area (Å²) in [5.74, 6) is 0. The zero-order chi connectivity index (χ0) is 14.5. The van der Waals surface area contributed by atoms with Crippen LogP contribution < -0.4 is 0 Å². The topological polar surface area (TPSA) is 40.5 Å². The van der Waals surface area contributed by atoms with Crippen LogP contribution in [-0.2, 0) is 0 Å². The van der Waals surface area contributed by atoms with Gasteiger partial charge in [-0.1, -0.05) is 18.7 Å². The van der Waals surface area contributed by atoms with Gasteiger partial charge in [-0.25, -0.2) is 0 Å². The first-order chi connectivity index (χ1) is 9.61. The third-order valence-electron chi connectivity index (χ3n) is 3.11. The van der Waals surface area contributed by atoms with E-state index in [0.29, 0.717) is 0 Å². The largest absolute Gasteiger partial charge is 0.361 e. The number of rotatable bonds is 4. The molecule has 2 rings (SSSR count). The summed E-state index contributed by atoms with van der Waals surface area (Å²) in [4.78, 5) is 11.6. The molecule has 0 atom stereocenters. The van der Waals surface area contributed by atoms with Crippen molar-refractivity contribution < 1.29 is 0 Å². The second kappa shape index (κ2) is 6.15. The van der Waals surface area contributed by atoms with E-state index in [1.807, 2.05) is 25.5 Å². The van der Waals surface area contributed by atoms with Gasteiger partial charge in [0.05, 0.1) is 0 Å². The number of aliphatic imine (C=N–C) groups is 2. The molecule has 102 valence electrons. The van der Waals surface area contributed by atoms with E-state index in [1.165, 1.54) is 5.39 Å². The van der Waals surface area contributed by atoms with Crippen molar-refractivity contribution in [1.82, 2.24) is 4.98 Å². The van der Waals surface area contributed by atoms with Crippen LogP contribution in [-0.4, -0.2) is 24.5 Å². The highest BCUT2D eigenvalue weighted by Gasteiger charge is 2.03. The molecule has 1 heterocycles. The van der Waals surface area contributed by atoms with Crippen molar-refractivity contribution in [2.45, 2.75) is 13.8 Å². The van der Waals surface area contributed by atoms with Crippen LogP contribution in [0.3, 0.4) is 0 Å². The van der Waals surface area contributed by atoms with Gasteiger partial charge in [0.15, 0.2) is 0 Å². The molecule has 0 aliphatic rings. The Kier molecular flexibility index (Phi) is 4.31. The lowest BCUT2D eigenvalue weighted by Crippen LogP contribution is -1.93. The maximum Gasteiger partial charge on any atom is 0.0460 e. The third-order valence-corrected chi connectivity index (χ3v) is 3.11. The summed E-state index contributed by atoms with van der Waals surface area (Å²) in [6.07, 6.45) is 5.58. The molecule has 20 heavy (non-hydrogen) atoms. The monoisotopic (exact) mass is 265 g/mol. The van der Waals surface area contributed by atoms with Crippen LogP contribution in [0.5, 0.6) is 0 Å². The van der Waals surface area contributed by atoms with E-state index in [9.17, 15) is 0 Å². The van der Waals surface area contributed by atoms with Crippen molar-refractivity contribution >= 4 is 28.9 Å². The molecule has 0 spiro atoms. The lowest BCUT2D eigenvalue weighted by atomic mass is 10.0. The zero-order valence-corrected chi connectivity index (χ0v) is 12.1. The molecule has 1 aromatic carbocycles. The highest BCUT2D eigenvalue weighted by atomic mass is 14.7. The zero-order valence-electron chi connectivity index (χ0n) is 12.1. The molecular weight excluding hydrogens is 246 g/mol. The number of hydrogen-bond acceptors (Lipinski definition) is 2. The van der Waals surface area contributed by atoms with Gasteiger partial charge in [-0.05, 0) is 42.5 Å². The van der Waals surface area contributed by atoms with E-state index in [4.69, 9.17) is 0 Å². The summed E-state index contributed by atoms with van der Waals surface area (Å²) in [7, 11) is 1.76. The van der Waals surface area contributed by atoms with Crippen LogP contribution in [0.15, 0.2) is 58.3 Å². The van der Waals surface area contributed by atoms with Crippen LogP contribution in [0.2, 0.25) is 0 Å². The smallest absolute Gasteiger partial charge is 0.0460 e. The fourth-order valence-corrected chi connectivity index (χ4v) is 1.99. The molecule has 0 saturated carbocycles. The Balaban J connectivity index is 2.49. The summed E-state index contributed by atoms with van der Waals surface area (Å²) in [6.45, 7) is 7.73. The Labute approximate surface area is 119 Å². The fraction of sp³-hybridized carbons (Fsp3) is 0.176. The van der Waals surface area contributed by atoms with Crippen molar-refractivity contribution in [1.29, 1.82) is 0 Å². The maximum absolute atomic E-state index is 4.27. The average Bonchev–Trinajstić information content (AvgIpc) is 2.89. The average molecular weight is 265 g/mol. The Morgan fingerprint density at radius 3 is 2.70 bits per heavy atom. The van der Waals surface area contributed by atoms with Crippen molar-refractivity contribution in [3.8, 4) is 0 Å². The van der Waals surface area contributed by atoms with Crippen molar-refractivity contribution in [2.75, 3.05) is 7.05 Å². The summed E-state index contributed by atoms with van der Waals surface area (Å²) >= 11 is 0. The van der Waals surface area contributed by atoms with Gasteiger partial charge in [-0.3, -0.25) is 9.98 Å². The predicted octanol–water partition coefficient (Wildman–Crippen LogP) is 4.25. The van der Waals surface area contributed by atoms with E-state index in [1.54, 1.807) is 7.05 Å². The minimum atomic E-state index is 0.777. The van der Waals surface area contributed by atoms with Gasteiger partial charge in [-0.2, -0.15) is 0 Å². The Morgan fingerprint density at radius 1 is 1.20 bits per heavy atom. The van der Waals surface area contributed by atoms with E-state index >= 15 is 0 Å². The number of benzene rings is 1. The number of nitrogens with one attached hydrogen (secondary N) is 1. The molecule has 3 heteroatoms. The van der Waals surface area contributed by atoms with Crippen LogP contribution >= 0.6 is 0 Å². The molecule has 0 saturated heterocycles. The lowest BCUT2D eigenvalue weighted by molar-refractivity contribution is 1.34. The van der Waals surface area contributed by atoms with Crippen LogP contribution in [0, 0.1) is 0 Å². The van der Waals surface area contributed by atoms with Gasteiger partial charge in [0.2, 0.25) is 0 Å². The normalized spacial score (nSPS) is 13.3. The van der Waals surface area contributed by atoms with Gasteiger partial charge in [0.1, 0.15) is 0 Å². The van der Waals surface area contributed by atoms with Gasteiger partial charge in [0, 0.05) is 42.5 Å². The van der Waals surface area contributed by atoms with Crippen molar-refractivity contribution in [2.24, 2.45) is 9.98 Å². The summed E-state index contributed by atoms with van der Waals surface area (Å²) < 4.78 is 0. The lowest BCUT2D eigenvalue weighted by Gasteiger charge is -2.05. The van der Waals surface area contributed by atoms with Crippen LogP contribution in [0.25, 0.3) is 16.5 Å². The second-order valence-corrected chi connectivity index (χ2v) is 4.74. The van der Waals surface area contributed by atoms with Gasteiger partial charge < -0.3 is 4.98 Å². The first kappa shape index (κ1) is 14.0. The van der Waals surface area contributed by atoms with Crippen LogP contribution in [0.4, 0.5) is 0 Å². The summed E-state index contributed by atoms with van der Waals surface area (Å²) in [6, 6.07) is 8.43. The minimum absolute atomic E-state index is 0.777. The number of aromatic amines is 1. The van der Waals surface area contributed by atoms with Crippen molar-refractivity contribution in [3.05, 3.63) is 53.9 Å². The third kappa shape index (κ3) is 3.12. The Bertz CT molecular complexity index is 715. The molecule has 0 radical (unpaired) electrons. The second-order valence-electron chi connectivity index (χ2n) is 4.74. The molecule has 0 bridgehead atoms. The summed E-state index contributed by atoms with van der Waals surface area (Å²) in [5, 5.41) is 1.21. The number of aromatic nitrogens is 1. The van der Waals surface area contributed by atoms with E-state index in [-0.39, 0.29) is 0 Å². The first-order valence-corrected chi connectivity index (χ1v) is 6.52. The highest BCUT2D eigenvalue weighted by Crippen LogP contribution is 2.21. The fourth-order valence-electron chi connectivity index (χ4n) is 1.99.